The second-order valence-corrected chi connectivity index (χ2v) is 1.74. The minimum Gasteiger partial charge on any atom is -0.790 e. The van der Waals surface area contributed by atoms with Crippen molar-refractivity contribution < 1.29 is 29.1 Å². The zero-order valence-electron chi connectivity index (χ0n) is 6.05. The van der Waals surface area contributed by atoms with E-state index in [1.165, 1.54) is 0 Å². The molecule has 0 bridgehead atoms. The first kappa shape index (κ1) is 22.4. The summed E-state index contributed by atoms with van der Waals surface area (Å²) in [5.74, 6) is 0. The summed E-state index contributed by atoms with van der Waals surface area (Å²) in [6.45, 7) is 0. The van der Waals surface area contributed by atoms with Crippen molar-refractivity contribution in [2.24, 2.45) is 5.73 Å². The van der Waals surface area contributed by atoms with Crippen molar-refractivity contribution in [1.82, 2.24) is 12.3 Å². The third-order valence-electron chi connectivity index (χ3n) is 0. The van der Waals surface area contributed by atoms with Crippen molar-refractivity contribution in [3.8, 4) is 0 Å². The molecule has 12 N–H and O–H groups in total. The van der Waals surface area contributed by atoms with Gasteiger partial charge in [0.05, 0.1) is 7.82 Å². The van der Waals surface area contributed by atoms with Crippen LogP contribution in [0, 0.1) is 0 Å². The second-order valence-electron chi connectivity index (χ2n) is 0.807. The van der Waals surface area contributed by atoms with Gasteiger partial charge in [-0.05, 0) is 0 Å². The maximum absolute atomic E-state index is 8.78. The fourth-order valence-corrected chi connectivity index (χ4v) is 0. The van der Waals surface area contributed by atoms with Crippen molar-refractivity contribution in [2.45, 2.75) is 0 Å². The van der Waals surface area contributed by atoms with Gasteiger partial charge in [-0.2, -0.15) is 0 Å². The first-order chi connectivity index (χ1) is 3.73. The Morgan fingerprint density at radius 3 is 1.36 bits per heavy atom. The largest absolute Gasteiger partial charge is 0.790 e. The number of hydrogen-bond donors (Lipinski definition) is 5. The van der Waals surface area contributed by atoms with Gasteiger partial charge < -0.3 is 42.4 Å². The Labute approximate surface area is 62.2 Å². The quantitative estimate of drug-likeness (QED) is 0.278. The molecule has 0 rings (SSSR count). The molecule has 0 aromatic carbocycles. The maximum Gasteiger partial charge on any atom is 0.402 e. The molecule has 0 aliphatic heterocycles. The summed E-state index contributed by atoms with van der Waals surface area (Å²) in [5, 5.41) is 7.19. The molecule has 0 aliphatic rings. The standard InChI is InChI=1S/CH3NO2.2H3N.H3O4P/c2-1(3)4;;;1-5(2,3)4/h2H2,(H,3,4);2*1H3;(H3,1,2,3,4). The summed E-state index contributed by atoms with van der Waals surface area (Å²) in [7, 11) is -5.14. The van der Waals surface area contributed by atoms with E-state index in [4.69, 9.17) is 29.1 Å². The van der Waals surface area contributed by atoms with E-state index in [0.717, 1.165) is 0 Å². The molecule has 0 atom stereocenters. The smallest absolute Gasteiger partial charge is 0.402 e. The molecule has 0 unspecified atom stereocenters. The van der Waals surface area contributed by atoms with Gasteiger partial charge in [-0.15, -0.1) is 0 Å². The predicted octanol–water partition coefficient (Wildman–Crippen LogP) is -1.82. The van der Waals surface area contributed by atoms with Gasteiger partial charge in [-0.3, -0.25) is 0 Å². The SMILES string of the molecule is NC(=O)O.O=P([O-])([O-])O.[NH4+].[NH4+]. The van der Waals surface area contributed by atoms with Crippen LogP contribution in [0.4, 0.5) is 4.79 Å². The molecule has 1 amide bonds. The molecule has 0 heterocycles. The van der Waals surface area contributed by atoms with E-state index in [9.17, 15) is 0 Å². The van der Waals surface area contributed by atoms with E-state index in [0.29, 0.717) is 0 Å². The molecule has 0 radical (unpaired) electrons. The van der Waals surface area contributed by atoms with E-state index in [-0.39, 0.29) is 12.3 Å². The van der Waals surface area contributed by atoms with E-state index >= 15 is 0 Å². The molecule has 0 aromatic rings. The van der Waals surface area contributed by atoms with Crippen LogP contribution in [-0.2, 0) is 4.57 Å². The van der Waals surface area contributed by atoms with Gasteiger partial charge in [0, 0.05) is 0 Å². The van der Waals surface area contributed by atoms with Crippen LogP contribution < -0.4 is 27.8 Å². The lowest BCUT2D eigenvalue weighted by atomic mass is 11.3. The molecule has 0 saturated carbocycles. The predicted molar refractivity (Wildman–Crippen MR) is 34.0 cm³/mol. The lowest BCUT2D eigenvalue weighted by molar-refractivity contribution is -0.337. The number of rotatable bonds is 0. The fourth-order valence-electron chi connectivity index (χ4n) is 0. The van der Waals surface area contributed by atoms with Crippen LogP contribution >= 0.6 is 7.82 Å². The van der Waals surface area contributed by atoms with Crippen LogP contribution in [0.3, 0.4) is 0 Å². The molecular formula is CH12N3O6P. The highest BCUT2D eigenvalue weighted by Crippen LogP contribution is 2.11. The molecule has 72 valence electrons. The Morgan fingerprint density at radius 2 is 1.36 bits per heavy atom. The average Bonchev–Trinajstić information content (AvgIpc) is 1.19. The molecule has 0 aliphatic carbocycles. The second kappa shape index (κ2) is 9.30. The lowest BCUT2D eigenvalue weighted by Gasteiger charge is -2.19. The van der Waals surface area contributed by atoms with Crippen molar-refractivity contribution in [3.63, 3.8) is 0 Å². The molecular weight excluding hydrogens is 181 g/mol. The summed E-state index contributed by atoms with van der Waals surface area (Å²) >= 11 is 0. The molecule has 11 heavy (non-hydrogen) atoms. The van der Waals surface area contributed by atoms with Crippen molar-refractivity contribution >= 4 is 13.9 Å². The highest BCUT2D eigenvalue weighted by molar-refractivity contribution is 7.42. The minimum atomic E-state index is -5.14. The highest BCUT2D eigenvalue weighted by atomic mass is 31.2. The minimum absolute atomic E-state index is 0. The third kappa shape index (κ3) is 1010. The van der Waals surface area contributed by atoms with Crippen LogP contribution in [0.2, 0.25) is 0 Å². The summed E-state index contributed by atoms with van der Waals surface area (Å²) < 4.78 is 8.66. The zero-order chi connectivity index (χ0) is 8.08. The summed E-state index contributed by atoms with van der Waals surface area (Å²) in [4.78, 5) is 33.1. The first-order valence-electron chi connectivity index (χ1n) is 1.46. The number of amides is 1. The van der Waals surface area contributed by atoms with Gasteiger partial charge in [-0.1, -0.05) is 0 Å². The Bertz CT molecular complexity index is 118. The van der Waals surface area contributed by atoms with Crippen molar-refractivity contribution in [3.05, 3.63) is 0 Å². The number of phosphoric acid groups is 1. The summed E-state index contributed by atoms with van der Waals surface area (Å²) in [5.41, 5.74) is 4.03. The van der Waals surface area contributed by atoms with Gasteiger partial charge in [0.2, 0.25) is 0 Å². The van der Waals surface area contributed by atoms with Gasteiger partial charge in [0.25, 0.3) is 0 Å². The van der Waals surface area contributed by atoms with Gasteiger partial charge in [0.15, 0.2) is 0 Å². The Hall–Kier alpha value is -0.700. The van der Waals surface area contributed by atoms with E-state index < -0.39 is 13.9 Å². The number of carbonyl (C=O) groups is 1. The molecule has 0 fully saturated rings. The zero-order valence-corrected chi connectivity index (χ0v) is 6.95. The highest BCUT2D eigenvalue weighted by Gasteiger charge is 1.65. The lowest BCUT2D eigenvalue weighted by Crippen LogP contribution is -2.11. The van der Waals surface area contributed by atoms with Gasteiger partial charge >= 0.3 is 6.09 Å². The Balaban J connectivity index is -0.0000000383. The Morgan fingerprint density at radius 1 is 1.36 bits per heavy atom. The summed E-state index contributed by atoms with van der Waals surface area (Å²) in [6.07, 6.45) is -1.33. The molecule has 0 aromatic heterocycles. The normalized spacial score (nSPS) is 7.55. The van der Waals surface area contributed by atoms with E-state index in [1.54, 1.807) is 0 Å². The topological polar surface area (TPSA) is 220 Å². The van der Waals surface area contributed by atoms with Crippen molar-refractivity contribution in [2.75, 3.05) is 0 Å². The van der Waals surface area contributed by atoms with Crippen LogP contribution in [0.15, 0.2) is 0 Å². The number of carboxylic acid groups (broad SMARTS) is 1. The maximum atomic E-state index is 8.78. The number of hydrogen-bond acceptors (Lipinski definition) is 4. The van der Waals surface area contributed by atoms with Gasteiger partial charge in [0.1, 0.15) is 0 Å². The van der Waals surface area contributed by atoms with Crippen LogP contribution in [0.1, 0.15) is 0 Å². The molecule has 9 nitrogen and oxygen atoms in total. The average molecular weight is 193 g/mol. The molecule has 0 saturated heterocycles. The van der Waals surface area contributed by atoms with E-state index in [2.05, 4.69) is 5.73 Å². The van der Waals surface area contributed by atoms with Crippen molar-refractivity contribution in [1.29, 1.82) is 0 Å². The monoisotopic (exact) mass is 193 g/mol. The van der Waals surface area contributed by atoms with Crippen LogP contribution in [0.25, 0.3) is 0 Å². The van der Waals surface area contributed by atoms with E-state index in [1.807, 2.05) is 0 Å². The van der Waals surface area contributed by atoms with Gasteiger partial charge in [-0.25, -0.2) is 4.79 Å². The number of primary amides is 1. The molecule has 10 heteroatoms. The van der Waals surface area contributed by atoms with Crippen LogP contribution in [-0.4, -0.2) is 16.1 Å². The third-order valence-corrected chi connectivity index (χ3v) is 0. The number of nitrogens with two attached hydrogens (primary N) is 1. The molecule has 0 spiro atoms. The number of quaternary nitrogens is 2. The first-order valence-corrected chi connectivity index (χ1v) is 2.96. The summed E-state index contributed by atoms with van der Waals surface area (Å²) in [6, 6.07) is 0. The van der Waals surface area contributed by atoms with Crippen LogP contribution in [0.5, 0.6) is 0 Å². The Kier molecular flexibility index (Phi) is 19.0. The fraction of sp³-hybridized carbons (Fsp3) is 0.